The number of halogens is 1. The minimum absolute atomic E-state index is 0.154. The Morgan fingerprint density at radius 2 is 2.28 bits per heavy atom. The van der Waals surface area contributed by atoms with Crippen LogP contribution < -0.4 is 5.32 Å². The van der Waals surface area contributed by atoms with Crippen LogP contribution in [-0.4, -0.2) is 25.3 Å². The van der Waals surface area contributed by atoms with E-state index in [9.17, 15) is 0 Å². The minimum Gasteiger partial charge on any atom is -0.378 e. The van der Waals surface area contributed by atoms with Gasteiger partial charge in [0.15, 0.2) is 0 Å². The number of nitrogens with one attached hydrogen (secondary N) is 1. The molecule has 1 aromatic rings. The van der Waals surface area contributed by atoms with Gasteiger partial charge in [-0.1, -0.05) is 6.92 Å². The average molecular weight is 332 g/mol. The van der Waals surface area contributed by atoms with E-state index in [1.165, 1.54) is 27.9 Å². The van der Waals surface area contributed by atoms with E-state index < -0.39 is 0 Å². The Morgan fingerprint density at radius 3 is 2.72 bits per heavy atom. The maximum absolute atomic E-state index is 5.75. The topological polar surface area (TPSA) is 21.3 Å². The normalized spacial score (nSPS) is 19.5. The lowest BCUT2D eigenvalue weighted by molar-refractivity contribution is -0.0832. The predicted octanol–water partition coefficient (Wildman–Crippen LogP) is 3.99. The van der Waals surface area contributed by atoms with E-state index in [4.69, 9.17) is 4.74 Å². The third-order valence-electron chi connectivity index (χ3n) is 3.89. The molecule has 1 saturated carbocycles. The fraction of sp³-hybridized carbons (Fsp3) is 0.714. The second-order valence-electron chi connectivity index (χ2n) is 5.11. The summed E-state index contributed by atoms with van der Waals surface area (Å²) in [4.78, 5) is 1.44. The number of hydrogen-bond acceptors (Lipinski definition) is 3. The Morgan fingerprint density at radius 1 is 1.50 bits per heavy atom. The van der Waals surface area contributed by atoms with Gasteiger partial charge in [-0.05, 0) is 66.7 Å². The van der Waals surface area contributed by atoms with Gasteiger partial charge in [-0.15, -0.1) is 11.3 Å². The number of thiophene rings is 1. The number of hydrogen-bond donors (Lipinski definition) is 1. The maximum atomic E-state index is 5.75. The summed E-state index contributed by atoms with van der Waals surface area (Å²) in [5.41, 5.74) is 0.154. The van der Waals surface area contributed by atoms with E-state index in [1.54, 1.807) is 0 Å². The van der Waals surface area contributed by atoms with Crippen LogP contribution in [0.25, 0.3) is 0 Å². The van der Waals surface area contributed by atoms with E-state index in [0.717, 1.165) is 19.4 Å². The second-order valence-corrected chi connectivity index (χ2v) is 7.66. The molecule has 1 N–H and O–H groups in total. The van der Waals surface area contributed by atoms with Crippen molar-refractivity contribution in [1.82, 2.24) is 5.32 Å². The molecule has 1 fully saturated rings. The Hall–Kier alpha value is 0.1000. The summed E-state index contributed by atoms with van der Waals surface area (Å²) in [5.74, 6) is 0. The van der Waals surface area contributed by atoms with Crippen LogP contribution in [0.3, 0.4) is 0 Å². The summed E-state index contributed by atoms with van der Waals surface area (Å²) in [7, 11) is 1.86. The number of rotatable bonds is 7. The van der Waals surface area contributed by atoms with Gasteiger partial charge in [-0.2, -0.15) is 0 Å². The molecule has 0 aromatic carbocycles. The van der Waals surface area contributed by atoms with Crippen molar-refractivity contribution >= 4 is 27.3 Å². The molecule has 0 radical (unpaired) electrons. The molecule has 2 rings (SSSR count). The molecule has 0 bridgehead atoms. The van der Waals surface area contributed by atoms with Crippen molar-refractivity contribution in [1.29, 1.82) is 0 Å². The lowest BCUT2D eigenvalue weighted by Crippen LogP contribution is -2.46. The molecule has 1 aliphatic carbocycles. The zero-order valence-corrected chi connectivity index (χ0v) is 13.6. The van der Waals surface area contributed by atoms with Gasteiger partial charge in [0, 0.05) is 18.0 Å². The second kappa shape index (κ2) is 6.51. The van der Waals surface area contributed by atoms with Crippen molar-refractivity contribution in [3.8, 4) is 0 Å². The molecular formula is C14H22BrNOS. The molecule has 0 aliphatic heterocycles. The van der Waals surface area contributed by atoms with Crippen molar-refractivity contribution in [2.45, 2.75) is 50.7 Å². The van der Waals surface area contributed by atoms with Crippen molar-refractivity contribution in [3.05, 3.63) is 20.8 Å². The molecule has 1 aromatic heterocycles. The smallest absolute Gasteiger partial charge is 0.0701 e. The van der Waals surface area contributed by atoms with Crippen LogP contribution in [0.2, 0.25) is 0 Å². The molecule has 1 heterocycles. The van der Waals surface area contributed by atoms with Gasteiger partial charge in [0.1, 0.15) is 0 Å². The molecule has 18 heavy (non-hydrogen) atoms. The lowest BCUT2D eigenvalue weighted by Gasteiger charge is -2.43. The van der Waals surface area contributed by atoms with Gasteiger partial charge in [0.05, 0.1) is 9.39 Å². The quantitative estimate of drug-likeness (QED) is 0.815. The van der Waals surface area contributed by atoms with Crippen molar-refractivity contribution in [2.75, 3.05) is 13.7 Å². The molecule has 102 valence electrons. The summed E-state index contributed by atoms with van der Waals surface area (Å²) in [6.45, 7) is 3.20. The van der Waals surface area contributed by atoms with Crippen LogP contribution in [0.15, 0.2) is 15.9 Å². The molecule has 1 atom stereocenters. The first-order chi connectivity index (χ1) is 8.67. The van der Waals surface area contributed by atoms with E-state index in [0.29, 0.717) is 6.04 Å². The Balaban J connectivity index is 1.95. The van der Waals surface area contributed by atoms with Crippen LogP contribution in [0, 0.1) is 0 Å². The van der Waals surface area contributed by atoms with Crippen LogP contribution in [0.5, 0.6) is 0 Å². The van der Waals surface area contributed by atoms with Gasteiger partial charge >= 0.3 is 0 Å². The van der Waals surface area contributed by atoms with E-state index in [1.807, 2.05) is 18.4 Å². The summed E-state index contributed by atoms with van der Waals surface area (Å²) in [6.07, 6.45) is 6.00. The van der Waals surface area contributed by atoms with E-state index >= 15 is 0 Å². The summed E-state index contributed by atoms with van der Waals surface area (Å²) in [6, 6.07) is 4.89. The van der Waals surface area contributed by atoms with Gasteiger partial charge in [-0.3, -0.25) is 0 Å². The van der Waals surface area contributed by atoms with Crippen LogP contribution >= 0.6 is 27.3 Å². The van der Waals surface area contributed by atoms with Gasteiger partial charge in [0.25, 0.3) is 0 Å². The zero-order valence-electron chi connectivity index (χ0n) is 11.2. The molecular weight excluding hydrogens is 310 g/mol. The third kappa shape index (κ3) is 3.56. The molecule has 2 nitrogen and oxygen atoms in total. The highest BCUT2D eigenvalue weighted by atomic mass is 79.9. The maximum Gasteiger partial charge on any atom is 0.0701 e. The highest BCUT2D eigenvalue weighted by Gasteiger charge is 2.38. The average Bonchev–Trinajstić information content (AvgIpc) is 2.69. The monoisotopic (exact) mass is 331 g/mol. The predicted molar refractivity (Wildman–Crippen MR) is 81.4 cm³/mol. The first kappa shape index (κ1) is 14.5. The number of methoxy groups -OCH3 is 1. The van der Waals surface area contributed by atoms with Gasteiger partial charge < -0.3 is 10.1 Å². The molecule has 1 aliphatic rings. The summed E-state index contributed by atoms with van der Waals surface area (Å²) >= 11 is 5.37. The van der Waals surface area contributed by atoms with Crippen LogP contribution in [0.1, 0.15) is 37.5 Å². The van der Waals surface area contributed by atoms with Crippen LogP contribution in [0.4, 0.5) is 0 Å². The van der Waals surface area contributed by atoms with Gasteiger partial charge in [0.2, 0.25) is 0 Å². The zero-order chi connectivity index (χ0) is 13.0. The van der Waals surface area contributed by atoms with Crippen molar-refractivity contribution < 1.29 is 4.74 Å². The first-order valence-corrected chi connectivity index (χ1v) is 8.31. The molecule has 0 saturated heterocycles. The first-order valence-electron chi connectivity index (χ1n) is 6.70. The lowest BCUT2D eigenvalue weighted by atomic mass is 9.75. The third-order valence-corrected chi connectivity index (χ3v) is 5.53. The summed E-state index contributed by atoms with van der Waals surface area (Å²) < 4.78 is 6.97. The van der Waals surface area contributed by atoms with Crippen LogP contribution in [-0.2, 0) is 11.2 Å². The number of ether oxygens (including phenoxy) is 1. The fourth-order valence-corrected chi connectivity index (χ4v) is 4.28. The highest BCUT2D eigenvalue weighted by molar-refractivity contribution is 9.11. The fourth-order valence-electron chi connectivity index (χ4n) is 2.72. The Bertz CT molecular complexity index is 370. The minimum atomic E-state index is 0.154. The SMILES string of the molecule is CCNC(Cc1ccc(Br)s1)CC1(OC)CCC1. The van der Waals surface area contributed by atoms with Crippen molar-refractivity contribution in [3.63, 3.8) is 0 Å². The molecule has 0 amide bonds. The molecule has 1 unspecified atom stereocenters. The van der Waals surface area contributed by atoms with E-state index in [2.05, 4.69) is 40.3 Å². The van der Waals surface area contributed by atoms with Gasteiger partial charge in [-0.25, -0.2) is 0 Å². The van der Waals surface area contributed by atoms with Crippen molar-refractivity contribution in [2.24, 2.45) is 0 Å². The molecule has 0 spiro atoms. The molecule has 4 heteroatoms. The number of likely N-dealkylation sites (N-methyl/N-ethyl adjacent to an activating group) is 1. The largest absolute Gasteiger partial charge is 0.378 e. The summed E-state index contributed by atoms with van der Waals surface area (Å²) in [5, 5.41) is 3.61. The highest BCUT2D eigenvalue weighted by Crippen LogP contribution is 2.39. The van der Waals surface area contributed by atoms with E-state index in [-0.39, 0.29) is 5.60 Å². The Kier molecular flexibility index (Phi) is 5.24. The standard InChI is InChI=1S/C14H22BrNOS/c1-3-16-11(9-12-5-6-13(15)18-12)10-14(17-2)7-4-8-14/h5-6,11,16H,3-4,7-10H2,1-2H3. The Labute approximate surface area is 122 Å².